The molecular formula is C13H21N. The molecule has 1 aliphatic heterocycles. The predicted molar refractivity (Wildman–Crippen MR) is 61.4 cm³/mol. The smallest absolute Gasteiger partial charge is 0.00156 e. The molecular weight excluding hydrogens is 170 g/mol. The van der Waals surface area contributed by atoms with Gasteiger partial charge < -0.3 is 4.90 Å². The summed E-state index contributed by atoms with van der Waals surface area (Å²) in [5.41, 5.74) is 1.57. The summed E-state index contributed by atoms with van der Waals surface area (Å²) >= 11 is 0. The zero-order valence-corrected chi connectivity index (χ0v) is 9.04. The lowest BCUT2D eigenvalue weighted by molar-refractivity contribution is 0.334. The highest BCUT2D eigenvalue weighted by Crippen LogP contribution is 2.16. The van der Waals surface area contributed by atoms with Crippen molar-refractivity contribution < 1.29 is 0 Å². The van der Waals surface area contributed by atoms with Crippen molar-refractivity contribution in [2.75, 3.05) is 19.6 Å². The van der Waals surface area contributed by atoms with Gasteiger partial charge in [-0.2, -0.15) is 0 Å². The molecule has 1 heteroatoms. The maximum Gasteiger partial charge on any atom is -0.00156 e. The summed E-state index contributed by atoms with van der Waals surface area (Å²) in [6, 6.07) is 0. The van der Waals surface area contributed by atoms with Crippen molar-refractivity contribution in [2.24, 2.45) is 0 Å². The monoisotopic (exact) mass is 191 g/mol. The summed E-state index contributed by atoms with van der Waals surface area (Å²) in [4.78, 5) is 2.60. The average Bonchev–Trinajstić information content (AvgIpc) is 2.72. The zero-order chi connectivity index (χ0) is 9.64. The van der Waals surface area contributed by atoms with Gasteiger partial charge in [0.15, 0.2) is 0 Å². The van der Waals surface area contributed by atoms with Crippen LogP contribution in [-0.4, -0.2) is 24.5 Å². The Morgan fingerprint density at radius 1 is 1.14 bits per heavy atom. The molecule has 0 aromatic heterocycles. The third kappa shape index (κ3) is 2.98. The van der Waals surface area contributed by atoms with Crippen molar-refractivity contribution in [2.45, 2.75) is 38.5 Å². The second-order valence-electron chi connectivity index (χ2n) is 4.41. The van der Waals surface area contributed by atoms with E-state index in [0.717, 1.165) is 0 Å². The van der Waals surface area contributed by atoms with Gasteiger partial charge in [0.25, 0.3) is 0 Å². The molecule has 0 radical (unpaired) electrons. The van der Waals surface area contributed by atoms with Crippen LogP contribution in [0.3, 0.4) is 0 Å². The maximum absolute atomic E-state index is 2.60. The van der Waals surface area contributed by atoms with Crippen molar-refractivity contribution in [3.05, 3.63) is 23.8 Å². The molecule has 1 nitrogen and oxygen atoms in total. The minimum Gasteiger partial charge on any atom is -0.303 e. The molecule has 0 saturated carbocycles. The van der Waals surface area contributed by atoms with E-state index in [9.17, 15) is 0 Å². The predicted octanol–water partition coefficient (Wildman–Crippen LogP) is 3.14. The highest BCUT2D eigenvalue weighted by Gasteiger charge is 2.10. The third-order valence-electron chi connectivity index (χ3n) is 3.21. The van der Waals surface area contributed by atoms with Crippen molar-refractivity contribution >= 4 is 0 Å². The fourth-order valence-electron chi connectivity index (χ4n) is 2.37. The minimum absolute atomic E-state index is 1.25. The van der Waals surface area contributed by atoms with E-state index in [0.29, 0.717) is 0 Å². The molecule has 1 aliphatic carbocycles. The van der Waals surface area contributed by atoms with E-state index in [1.165, 1.54) is 58.2 Å². The Morgan fingerprint density at radius 3 is 2.71 bits per heavy atom. The number of rotatable bonds is 4. The molecule has 1 fully saturated rings. The first kappa shape index (κ1) is 9.97. The van der Waals surface area contributed by atoms with Gasteiger partial charge in [-0.05, 0) is 58.2 Å². The van der Waals surface area contributed by atoms with Crippen LogP contribution < -0.4 is 0 Å². The van der Waals surface area contributed by atoms with E-state index in [4.69, 9.17) is 0 Å². The van der Waals surface area contributed by atoms with E-state index in [-0.39, 0.29) is 0 Å². The number of likely N-dealkylation sites (tertiary alicyclic amines) is 1. The summed E-state index contributed by atoms with van der Waals surface area (Å²) in [6.45, 7) is 3.99. The van der Waals surface area contributed by atoms with Crippen molar-refractivity contribution in [3.63, 3.8) is 0 Å². The van der Waals surface area contributed by atoms with Gasteiger partial charge in [0.05, 0.1) is 0 Å². The molecule has 0 bridgehead atoms. The molecule has 0 unspecified atom stereocenters. The van der Waals surface area contributed by atoms with Crippen molar-refractivity contribution in [3.8, 4) is 0 Å². The lowest BCUT2D eigenvalue weighted by Crippen LogP contribution is -2.20. The topological polar surface area (TPSA) is 3.24 Å². The number of allylic oxidation sites excluding steroid dienone is 4. The van der Waals surface area contributed by atoms with Gasteiger partial charge in [-0.3, -0.25) is 0 Å². The Kier molecular flexibility index (Phi) is 3.81. The first-order chi connectivity index (χ1) is 6.95. The molecule has 1 heterocycles. The summed E-state index contributed by atoms with van der Waals surface area (Å²) in [6.07, 6.45) is 15.0. The Balaban J connectivity index is 1.62. The fourth-order valence-corrected chi connectivity index (χ4v) is 2.37. The standard InChI is InChI=1S/C13H21N/c1-2-7-13(8-3-1)9-6-12-14-10-4-5-11-14/h2,7-8H,1,3-6,9-12H2. The van der Waals surface area contributed by atoms with Gasteiger partial charge in [-0.15, -0.1) is 0 Å². The molecule has 2 aliphatic rings. The minimum atomic E-state index is 1.25. The van der Waals surface area contributed by atoms with Crippen LogP contribution in [-0.2, 0) is 0 Å². The Morgan fingerprint density at radius 2 is 2.00 bits per heavy atom. The van der Waals surface area contributed by atoms with Crippen LogP contribution in [0, 0.1) is 0 Å². The molecule has 0 atom stereocenters. The zero-order valence-electron chi connectivity index (χ0n) is 9.04. The molecule has 0 amide bonds. The second kappa shape index (κ2) is 5.35. The highest BCUT2D eigenvalue weighted by atomic mass is 15.1. The SMILES string of the molecule is C1=CC(CCCN2CCCC2)=CCC1. The third-order valence-corrected chi connectivity index (χ3v) is 3.21. The van der Waals surface area contributed by atoms with Gasteiger partial charge in [-0.25, -0.2) is 0 Å². The fraction of sp³-hybridized carbons (Fsp3) is 0.692. The lowest BCUT2D eigenvalue weighted by atomic mass is 10.0. The molecule has 2 rings (SSSR count). The molecule has 0 aromatic rings. The van der Waals surface area contributed by atoms with Crippen molar-refractivity contribution in [1.29, 1.82) is 0 Å². The molecule has 14 heavy (non-hydrogen) atoms. The summed E-state index contributed by atoms with van der Waals surface area (Å²) in [7, 11) is 0. The molecule has 0 N–H and O–H groups in total. The molecule has 1 saturated heterocycles. The number of nitrogens with zero attached hydrogens (tertiary/aromatic N) is 1. The summed E-state index contributed by atoms with van der Waals surface area (Å²) in [5.74, 6) is 0. The van der Waals surface area contributed by atoms with E-state index in [2.05, 4.69) is 23.1 Å². The van der Waals surface area contributed by atoms with Gasteiger partial charge in [0.2, 0.25) is 0 Å². The van der Waals surface area contributed by atoms with Gasteiger partial charge >= 0.3 is 0 Å². The van der Waals surface area contributed by atoms with Crippen LogP contribution in [0.2, 0.25) is 0 Å². The largest absolute Gasteiger partial charge is 0.303 e. The van der Waals surface area contributed by atoms with E-state index < -0.39 is 0 Å². The van der Waals surface area contributed by atoms with Gasteiger partial charge in [-0.1, -0.05) is 23.8 Å². The van der Waals surface area contributed by atoms with Gasteiger partial charge in [0.1, 0.15) is 0 Å². The van der Waals surface area contributed by atoms with Crippen LogP contribution in [0.5, 0.6) is 0 Å². The summed E-state index contributed by atoms with van der Waals surface area (Å²) in [5, 5.41) is 0. The quantitative estimate of drug-likeness (QED) is 0.660. The van der Waals surface area contributed by atoms with Crippen LogP contribution in [0.1, 0.15) is 38.5 Å². The van der Waals surface area contributed by atoms with E-state index in [1.807, 2.05) is 0 Å². The van der Waals surface area contributed by atoms with Crippen LogP contribution in [0.25, 0.3) is 0 Å². The highest BCUT2D eigenvalue weighted by molar-refractivity contribution is 5.21. The molecule has 0 spiro atoms. The van der Waals surface area contributed by atoms with Crippen LogP contribution in [0.4, 0.5) is 0 Å². The Bertz CT molecular complexity index is 221. The number of hydrogen-bond acceptors (Lipinski definition) is 1. The first-order valence-corrected chi connectivity index (χ1v) is 6.03. The Labute approximate surface area is 87.5 Å². The van der Waals surface area contributed by atoms with E-state index in [1.54, 1.807) is 5.57 Å². The maximum atomic E-state index is 2.60. The lowest BCUT2D eigenvalue weighted by Gasteiger charge is -2.14. The summed E-state index contributed by atoms with van der Waals surface area (Å²) < 4.78 is 0. The van der Waals surface area contributed by atoms with E-state index >= 15 is 0 Å². The number of hydrogen-bond donors (Lipinski definition) is 0. The first-order valence-electron chi connectivity index (χ1n) is 6.03. The van der Waals surface area contributed by atoms with Crippen LogP contribution in [0.15, 0.2) is 23.8 Å². The van der Waals surface area contributed by atoms with Crippen molar-refractivity contribution in [1.82, 2.24) is 4.90 Å². The second-order valence-corrected chi connectivity index (χ2v) is 4.41. The normalized spacial score (nSPS) is 22.7. The Hall–Kier alpha value is -0.560. The molecule has 0 aromatic carbocycles. The van der Waals surface area contributed by atoms with Crippen LogP contribution >= 0.6 is 0 Å². The average molecular weight is 191 g/mol. The van der Waals surface area contributed by atoms with Gasteiger partial charge in [0, 0.05) is 0 Å². The molecule has 78 valence electrons.